The summed E-state index contributed by atoms with van der Waals surface area (Å²) in [6, 6.07) is 6.73. The number of nitrogens with one attached hydrogen (secondary N) is 2. The van der Waals surface area contributed by atoms with Gasteiger partial charge >= 0.3 is 0 Å². The molecule has 6 N–H and O–H groups in total. The van der Waals surface area contributed by atoms with Crippen molar-refractivity contribution in [3.8, 4) is 0 Å². The van der Waals surface area contributed by atoms with Gasteiger partial charge in [-0.05, 0) is 30.5 Å². The minimum Gasteiger partial charge on any atom is -1.00 e. The van der Waals surface area contributed by atoms with Gasteiger partial charge in [-0.3, -0.25) is 4.79 Å². The zero-order valence-corrected chi connectivity index (χ0v) is 22.9. The summed E-state index contributed by atoms with van der Waals surface area (Å²) in [6.07, 6.45) is 1.51. The molecule has 0 fully saturated rings. The third kappa shape index (κ3) is 10.3. The summed E-state index contributed by atoms with van der Waals surface area (Å²) in [4.78, 5) is 20.0. The number of nitrogens with zero attached hydrogens (tertiary/aromatic N) is 3. The van der Waals surface area contributed by atoms with Gasteiger partial charge in [0.15, 0.2) is 22.5 Å². The van der Waals surface area contributed by atoms with E-state index in [-0.39, 0.29) is 45.2 Å². The molecular formula is C20H30BrCl2N7O3S. The minimum atomic E-state index is -3.41. The third-order valence-electron chi connectivity index (χ3n) is 4.90. The largest absolute Gasteiger partial charge is 1.00 e. The topological polar surface area (TPSA) is 153 Å². The van der Waals surface area contributed by atoms with Crippen LogP contribution >= 0.6 is 23.2 Å². The molecule has 14 heteroatoms. The van der Waals surface area contributed by atoms with E-state index in [4.69, 9.17) is 34.7 Å². The monoisotopic (exact) mass is 597 g/mol. The number of hydrogen-bond donors (Lipinski definition) is 4. The molecule has 0 saturated heterocycles. The first-order valence-corrected chi connectivity index (χ1v) is 12.7. The number of halogens is 3. The van der Waals surface area contributed by atoms with Gasteiger partial charge in [0.2, 0.25) is 10.0 Å². The number of hydrogen-bond acceptors (Lipinski definition) is 7. The lowest BCUT2D eigenvalue weighted by atomic mass is 10.2. The Morgan fingerprint density at radius 2 is 1.65 bits per heavy atom. The highest BCUT2D eigenvalue weighted by Gasteiger charge is 2.19. The van der Waals surface area contributed by atoms with Crippen molar-refractivity contribution in [3.05, 3.63) is 45.7 Å². The molecule has 0 spiro atoms. The van der Waals surface area contributed by atoms with Gasteiger partial charge in [0, 0.05) is 11.6 Å². The number of sulfonamides is 1. The first-order chi connectivity index (χ1) is 15.4. The van der Waals surface area contributed by atoms with Crippen molar-refractivity contribution in [2.24, 2.45) is 0 Å². The van der Waals surface area contributed by atoms with E-state index in [9.17, 15) is 13.2 Å². The van der Waals surface area contributed by atoms with Crippen LogP contribution in [0.15, 0.2) is 24.3 Å². The number of nitrogen functional groups attached to an aromatic ring is 2. The van der Waals surface area contributed by atoms with Crippen LogP contribution < -0.4 is 38.5 Å². The molecule has 0 bridgehead atoms. The SMILES string of the molecule is C[N+](C)(CCCCNS(=O)(=O)Cc1ccc(Cl)cc1)CCNC(=O)c1nc(Cl)c(N)nc1N.[Br-]. The summed E-state index contributed by atoms with van der Waals surface area (Å²) in [5, 5.41) is 3.25. The average Bonchev–Trinajstić information content (AvgIpc) is 2.71. The number of amides is 1. The van der Waals surface area contributed by atoms with Gasteiger partial charge < -0.3 is 38.2 Å². The zero-order valence-electron chi connectivity index (χ0n) is 19.0. The van der Waals surface area contributed by atoms with Crippen LogP contribution in [0.3, 0.4) is 0 Å². The van der Waals surface area contributed by atoms with E-state index < -0.39 is 15.9 Å². The maximum absolute atomic E-state index is 12.3. The second-order valence-electron chi connectivity index (χ2n) is 8.26. The van der Waals surface area contributed by atoms with Crippen molar-refractivity contribution in [3.63, 3.8) is 0 Å². The summed E-state index contributed by atoms with van der Waals surface area (Å²) in [5.41, 5.74) is 11.8. The number of anilines is 2. The molecule has 1 aromatic heterocycles. The molecular weight excluding hydrogens is 569 g/mol. The highest BCUT2D eigenvalue weighted by molar-refractivity contribution is 7.88. The van der Waals surface area contributed by atoms with Crippen LogP contribution in [0.25, 0.3) is 0 Å². The van der Waals surface area contributed by atoms with E-state index in [1.165, 1.54) is 0 Å². The molecule has 190 valence electrons. The van der Waals surface area contributed by atoms with E-state index in [1.807, 2.05) is 14.1 Å². The number of carbonyl (C=O) groups excluding carboxylic acids is 1. The Hall–Kier alpha value is -1.70. The molecule has 34 heavy (non-hydrogen) atoms. The first-order valence-electron chi connectivity index (χ1n) is 10.3. The Morgan fingerprint density at radius 3 is 2.29 bits per heavy atom. The fourth-order valence-corrected chi connectivity index (χ4v) is 4.46. The second kappa shape index (κ2) is 13.4. The lowest BCUT2D eigenvalue weighted by Gasteiger charge is -2.30. The summed E-state index contributed by atoms with van der Waals surface area (Å²) < 4.78 is 27.7. The van der Waals surface area contributed by atoms with E-state index >= 15 is 0 Å². The Balaban J connectivity index is 0.00000578. The number of rotatable bonds is 12. The van der Waals surface area contributed by atoms with Gasteiger partial charge in [-0.15, -0.1) is 0 Å². The molecule has 0 aliphatic rings. The predicted molar refractivity (Wildman–Crippen MR) is 131 cm³/mol. The second-order valence-corrected chi connectivity index (χ2v) is 10.9. The van der Waals surface area contributed by atoms with Crippen molar-refractivity contribution in [1.29, 1.82) is 0 Å². The Morgan fingerprint density at radius 1 is 1.00 bits per heavy atom. The fraction of sp³-hybridized carbons (Fsp3) is 0.450. The lowest BCUT2D eigenvalue weighted by molar-refractivity contribution is -0.889. The average molecular weight is 599 g/mol. The van der Waals surface area contributed by atoms with Gasteiger partial charge in [-0.25, -0.2) is 23.1 Å². The van der Waals surface area contributed by atoms with Crippen LogP contribution in [0.5, 0.6) is 0 Å². The number of nitrogens with two attached hydrogens (primary N) is 2. The van der Waals surface area contributed by atoms with Crippen LogP contribution in [0, 0.1) is 0 Å². The number of likely N-dealkylation sites (N-methyl/N-ethyl adjacent to an activating group) is 1. The smallest absolute Gasteiger partial charge is 0.273 e. The summed E-state index contributed by atoms with van der Waals surface area (Å²) in [5.74, 6) is -0.672. The number of quaternary nitrogens is 1. The van der Waals surface area contributed by atoms with Gasteiger partial charge in [-0.1, -0.05) is 35.3 Å². The summed E-state index contributed by atoms with van der Waals surface area (Å²) >= 11 is 11.6. The molecule has 1 aromatic carbocycles. The van der Waals surface area contributed by atoms with Gasteiger partial charge in [-0.2, -0.15) is 0 Å². The molecule has 0 unspecified atom stereocenters. The van der Waals surface area contributed by atoms with Crippen LogP contribution in [0.4, 0.5) is 11.6 Å². The summed E-state index contributed by atoms with van der Waals surface area (Å²) in [6.45, 7) is 2.22. The van der Waals surface area contributed by atoms with E-state index in [0.717, 1.165) is 13.0 Å². The van der Waals surface area contributed by atoms with Gasteiger partial charge in [0.25, 0.3) is 5.91 Å². The van der Waals surface area contributed by atoms with E-state index in [1.54, 1.807) is 24.3 Å². The number of unbranched alkanes of at least 4 members (excludes halogenated alkanes) is 1. The van der Waals surface area contributed by atoms with Crippen LogP contribution in [-0.4, -0.2) is 69.1 Å². The highest BCUT2D eigenvalue weighted by atomic mass is 79.9. The molecule has 0 atom stereocenters. The Bertz CT molecular complexity index is 1070. The van der Waals surface area contributed by atoms with Crippen LogP contribution in [0.1, 0.15) is 28.9 Å². The summed E-state index contributed by atoms with van der Waals surface area (Å²) in [7, 11) is 0.659. The fourth-order valence-electron chi connectivity index (χ4n) is 3.02. The van der Waals surface area contributed by atoms with Crippen LogP contribution in [0.2, 0.25) is 10.2 Å². The third-order valence-corrected chi connectivity index (χ3v) is 6.79. The maximum Gasteiger partial charge on any atom is 0.273 e. The number of carbonyl (C=O) groups is 1. The molecule has 0 aliphatic heterocycles. The molecule has 1 heterocycles. The Labute approximate surface area is 220 Å². The molecule has 0 aliphatic carbocycles. The molecule has 0 radical (unpaired) electrons. The van der Waals surface area contributed by atoms with Crippen LogP contribution in [-0.2, 0) is 15.8 Å². The van der Waals surface area contributed by atoms with Gasteiger partial charge in [0.1, 0.15) is 0 Å². The molecule has 10 nitrogen and oxygen atoms in total. The van der Waals surface area contributed by atoms with Gasteiger partial charge in [0.05, 0.1) is 39.5 Å². The predicted octanol–water partition coefficient (Wildman–Crippen LogP) is -1.34. The normalized spacial score (nSPS) is 11.6. The first kappa shape index (κ1) is 30.3. The lowest BCUT2D eigenvalue weighted by Crippen LogP contribution is -3.00. The van der Waals surface area contributed by atoms with Crippen molar-refractivity contribution >= 4 is 50.8 Å². The van der Waals surface area contributed by atoms with Crippen molar-refractivity contribution in [2.45, 2.75) is 18.6 Å². The molecule has 2 aromatic rings. The number of benzene rings is 1. The highest BCUT2D eigenvalue weighted by Crippen LogP contribution is 2.17. The van der Waals surface area contributed by atoms with Crippen molar-refractivity contribution < 1.29 is 34.7 Å². The van der Waals surface area contributed by atoms with E-state index in [0.29, 0.717) is 41.1 Å². The van der Waals surface area contributed by atoms with E-state index in [2.05, 4.69) is 20.0 Å². The van der Waals surface area contributed by atoms with Crippen molar-refractivity contribution in [1.82, 2.24) is 20.0 Å². The quantitative estimate of drug-likeness (QED) is 0.174. The minimum absolute atomic E-state index is 0. The zero-order chi connectivity index (χ0) is 24.6. The van der Waals surface area contributed by atoms with Crippen molar-refractivity contribution in [2.75, 3.05) is 51.7 Å². The Kier molecular flexibility index (Phi) is 12.0. The number of aromatic nitrogens is 2. The molecule has 1 amide bonds. The molecule has 0 saturated carbocycles. The molecule has 2 rings (SSSR count). The standard InChI is InChI=1S/C20H29Cl2N7O3S.BrH/c1-29(2,12-10-25-20(30)16-18(23)28-19(24)17(22)27-16)11-4-3-9-26-33(31,32)13-14-5-7-15(21)8-6-14;/h5-8,26H,3-4,9-13H2,1-2H3,(H4-,23,24,25,28,30);1H. The maximum atomic E-state index is 12.3.